The van der Waals surface area contributed by atoms with Gasteiger partial charge in [-0.1, -0.05) is 0 Å². The van der Waals surface area contributed by atoms with Gasteiger partial charge in [-0.15, -0.1) is 11.3 Å². The number of nitrogens with zero attached hydrogens (tertiary/aromatic N) is 1. The molecule has 0 saturated heterocycles. The molecule has 1 heterocycles. The van der Waals surface area contributed by atoms with Gasteiger partial charge in [0.2, 0.25) is 0 Å². The summed E-state index contributed by atoms with van der Waals surface area (Å²) in [5, 5.41) is 11.2. The highest BCUT2D eigenvalue weighted by Gasteiger charge is 2.15. The fourth-order valence-corrected chi connectivity index (χ4v) is 2.48. The van der Waals surface area contributed by atoms with E-state index in [1.54, 1.807) is 18.4 Å². The molecule has 3 N–H and O–H groups in total. The van der Waals surface area contributed by atoms with Crippen LogP contribution in [0.1, 0.15) is 31.2 Å². The number of amides is 1. The van der Waals surface area contributed by atoms with E-state index in [2.05, 4.69) is 39.3 Å². The summed E-state index contributed by atoms with van der Waals surface area (Å²) >= 11 is 1.72. The minimum Gasteiger partial charge on any atom is -0.444 e. The molecule has 0 aliphatic rings. The van der Waals surface area contributed by atoms with E-state index in [4.69, 9.17) is 4.74 Å². The first-order valence-corrected chi connectivity index (χ1v) is 8.14. The molecule has 0 bridgehead atoms. The van der Waals surface area contributed by atoms with Gasteiger partial charge in [0.15, 0.2) is 5.96 Å². The van der Waals surface area contributed by atoms with E-state index < -0.39 is 11.7 Å². The molecule has 1 aromatic heterocycles. The molecule has 0 fully saturated rings. The first-order chi connectivity index (χ1) is 10.3. The highest BCUT2D eigenvalue weighted by molar-refractivity contribution is 7.10. The molecule has 0 spiro atoms. The van der Waals surface area contributed by atoms with Crippen LogP contribution in [0.25, 0.3) is 0 Å². The van der Waals surface area contributed by atoms with Crippen molar-refractivity contribution in [3.8, 4) is 0 Å². The zero-order chi connectivity index (χ0) is 16.6. The maximum atomic E-state index is 11.5. The van der Waals surface area contributed by atoms with E-state index >= 15 is 0 Å². The molecule has 7 heteroatoms. The van der Waals surface area contributed by atoms with E-state index in [1.165, 1.54) is 10.4 Å². The van der Waals surface area contributed by atoms with Crippen LogP contribution >= 0.6 is 11.3 Å². The number of hydrogen-bond donors (Lipinski definition) is 3. The molecule has 6 nitrogen and oxygen atoms in total. The van der Waals surface area contributed by atoms with Gasteiger partial charge in [-0.25, -0.2) is 4.79 Å². The Morgan fingerprint density at radius 2 is 1.95 bits per heavy atom. The summed E-state index contributed by atoms with van der Waals surface area (Å²) in [6.45, 7) is 9.38. The molecule has 0 aliphatic carbocycles. The first kappa shape index (κ1) is 18.3. The lowest BCUT2D eigenvalue weighted by molar-refractivity contribution is 0.0529. The molecule has 0 aromatic carbocycles. The minimum atomic E-state index is -0.478. The standard InChI is InChI=1S/C15H26N4O2S/c1-11-6-9-22-12(11)10-19-13(16-5)17-7-8-18-14(20)21-15(2,3)4/h6,9H,7-8,10H2,1-5H3,(H,18,20)(H2,16,17,19). The SMILES string of the molecule is CN=C(NCCNC(=O)OC(C)(C)C)NCc1sccc1C. The molecule has 124 valence electrons. The van der Waals surface area contributed by atoms with E-state index in [-0.39, 0.29) is 0 Å². The van der Waals surface area contributed by atoms with Gasteiger partial charge >= 0.3 is 6.09 Å². The number of rotatable bonds is 5. The van der Waals surface area contributed by atoms with Crippen LogP contribution in [0.2, 0.25) is 0 Å². The van der Waals surface area contributed by atoms with Gasteiger partial charge < -0.3 is 20.7 Å². The summed E-state index contributed by atoms with van der Waals surface area (Å²) in [6.07, 6.45) is -0.411. The molecule has 0 aliphatic heterocycles. The Bertz CT molecular complexity index is 506. The van der Waals surface area contributed by atoms with E-state index in [0.29, 0.717) is 19.0 Å². The highest BCUT2D eigenvalue weighted by Crippen LogP contribution is 2.14. The molecule has 22 heavy (non-hydrogen) atoms. The Balaban J connectivity index is 2.22. The second kappa shape index (κ2) is 8.63. The van der Waals surface area contributed by atoms with Crippen molar-refractivity contribution in [2.24, 2.45) is 4.99 Å². The van der Waals surface area contributed by atoms with Crippen molar-refractivity contribution >= 4 is 23.4 Å². The zero-order valence-corrected chi connectivity index (χ0v) is 14.8. The fourth-order valence-electron chi connectivity index (χ4n) is 1.63. The normalized spacial score (nSPS) is 12.0. The summed E-state index contributed by atoms with van der Waals surface area (Å²) in [6, 6.07) is 2.10. The molecular formula is C15H26N4O2S. The van der Waals surface area contributed by atoms with Crippen LogP contribution in [-0.4, -0.2) is 37.8 Å². The third-order valence-corrected chi connectivity index (χ3v) is 3.72. The average molecular weight is 326 g/mol. The molecule has 1 amide bonds. The van der Waals surface area contributed by atoms with Crippen LogP contribution in [0, 0.1) is 6.92 Å². The quantitative estimate of drug-likeness (QED) is 0.441. The molecule has 0 radical (unpaired) electrons. The van der Waals surface area contributed by atoms with Gasteiger partial charge in [-0.3, -0.25) is 4.99 Å². The molecule has 0 atom stereocenters. The number of guanidine groups is 1. The number of alkyl carbamates (subject to hydrolysis) is 1. The molecule has 1 rings (SSSR count). The van der Waals surface area contributed by atoms with E-state index in [1.807, 2.05) is 20.8 Å². The van der Waals surface area contributed by atoms with Gasteiger partial charge in [-0.05, 0) is 44.7 Å². The second-order valence-electron chi connectivity index (χ2n) is 5.81. The molecule has 1 aromatic rings. The van der Waals surface area contributed by atoms with Crippen molar-refractivity contribution < 1.29 is 9.53 Å². The summed E-state index contributed by atoms with van der Waals surface area (Å²) < 4.78 is 5.16. The highest BCUT2D eigenvalue weighted by atomic mass is 32.1. The number of aryl methyl sites for hydroxylation is 1. The lowest BCUT2D eigenvalue weighted by Gasteiger charge is -2.19. The van der Waals surface area contributed by atoms with Crippen molar-refractivity contribution in [2.75, 3.05) is 20.1 Å². The van der Waals surface area contributed by atoms with Crippen molar-refractivity contribution in [1.29, 1.82) is 0 Å². The average Bonchev–Trinajstić information content (AvgIpc) is 2.81. The molecule has 0 unspecified atom stereocenters. The smallest absolute Gasteiger partial charge is 0.407 e. The zero-order valence-electron chi connectivity index (χ0n) is 13.9. The third kappa shape index (κ3) is 7.31. The third-order valence-electron chi connectivity index (χ3n) is 2.69. The van der Waals surface area contributed by atoms with Crippen LogP contribution < -0.4 is 16.0 Å². The van der Waals surface area contributed by atoms with Gasteiger partial charge in [0.05, 0.1) is 6.54 Å². The maximum absolute atomic E-state index is 11.5. The van der Waals surface area contributed by atoms with Crippen molar-refractivity contribution in [2.45, 2.75) is 39.8 Å². The number of hydrogen-bond acceptors (Lipinski definition) is 4. The molecular weight excluding hydrogens is 300 g/mol. The van der Waals surface area contributed by atoms with Crippen LogP contribution in [-0.2, 0) is 11.3 Å². The van der Waals surface area contributed by atoms with Crippen LogP contribution in [0.15, 0.2) is 16.4 Å². The van der Waals surface area contributed by atoms with Gasteiger partial charge in [0.1, 0.15) is 5.60 Å². The first-order valence-electron chi connectivity index (χ1n) is 7.26. The topological polar surface area (TPSA) is 74.8 Å². The predicted molar refractivity (Wildman–Crippen MR) is 91.5 cm³/mol. The monoisotopic (exact) mass is 326 g/mol. The maximum Gasteiger partial charge on any atom is 0.407 e. The number of nitrogens with one attached hydrogen (secondary N) is 3. The predicted octanol–water partition coefficient (Wildman–Crippen LogP) is 2.25. The van der Waals surface area contributed by atoms with Gasteiger partial charge in [0.25, 0.3) is 0 Å². The van der Waals surface area contributed by atoms with Crippen LogP contribution in [0.5, 0.6) is 0 Å². The number of ether oxygens (including phenoxy) is 1. The van der Waals surface area contributed by atoms with E-state index in [9.17, 15) is 4.79 Å². The number of aliphatic imine (C=N–C) groups is 1. The fraction of sp³-hybridized carbons (Fsp3) is 0.600. The summed E-state index contributed by atoms with van der Waals surface area (Å²) in [5.74, 6) is 0.707. The molecule has 0 saturated carbocycles. The van der Waals surface area contributed by atoms with Crippen LogP contribution in [0.4, 0.5) is 4.79 Å². The number of thiophene rings is 1. The lowest BCUT2D eigenvalue weighted by atomic mass is 10.2. The second-order valence-corrected chi connectivity index (χ2v) is 6.81. The Labute approximate surface area is 136 Å². The number of carbonyl (C=O) groups is 1. The Hall–Kier alpha value is -1.76. The Morgan fingerprint density at radius 3 is 2.50 bits per heavy atom. The van der Waals surface area contributed by atoms with Crippen molar-refractivity contribution in [3.63, 3.8) is 0 Å². The summed E-state index contributed by atoms with van der Waals surface area (Å²) in [5.41, 5.74) is 0.799. The van der Waals surface area contributed by atoms with Crippen molar-refractivity contribution in [3.05, 3.63) is 21.9 Å². The number of carbonyl (C=O) groups excluding carboxylic acids is 1. The van der Waals surface area contributed by atoms with Gasteiger partial charge in [0, 0.05) is 25.0 Å². The lowest BCUT2D eigenvalue weighted by Crippen LogP contribution is -2.42. The Morgan fingerprint density at radius 1 is 1.27 bits per heavy atom. The van der Waals surface area contributed by atoms with Crippen LogP contribution in [0.3, 0.4) is 0 Å². The summed E-state index contributed by atoms with van der Waals surface area (Å²) in [4.78, 5) is 16.9. The van der Waals surface area contributed by atoms with Crippen molar-refractivity contribution in [1.82, 2.24) is 16.0 Å². The minimum absolute atomic E-state index is 0.411. The van der Waals surface area contributed by atoms with Gasteiger partial charge in [-0.2, -0.15) is 0 Å². The largest absolute Gasteiger partial charge is 0.444 e. The van der Waals surface area contributed by atoms with E-state index in [0.717, 1.165) is 6.54 Å². The summed E-state index contributed by atoms with van der Waals surface area (Å²) in [7, 11) is 1.72. The Kier molecular flexibility index (Phi) is 7.17.